The molecule has 0 heterocycles. The molecule has 2 aromatic rings. The van der Waals surface area contributed by atoms with Crippen LogP contribution in [0.3, 0.4) is 0 Å². The minimum atomic E-state index is -0.522. The Labute approximate surface area is 180 Å². The molecule has 0 aliphatic heterocycles. The molecule has 2 aromatic carbocycles. The van der Waals surface area contributed by atoms with Gasteiger partial charge in [0.05, 0.1) is 17.7 Å². The van der Waals surface area contributed by atoms with E-state index in [0.717, 1.165) is 28.4 Å². The van der Waals surface area contributed by atoms with Crippen molar-refractivity contribution in [1.82, 2.24) is 0 Å². The summed E-state index contributed by atoms with van der Waals surface area (Å²) in [4.78, 5) is 24.9. The van der Waals surface area contributed by atoms with E-state index in [2.05, 4.69) is 29.5 Å². The highest BCUT2D eigenvalue weighted by Crippen LogP contribution is 2.15. The summed E-state index contributed by atoms with van der Waals surface area (Å²) in [6, 6.07) is 14.4. The number of carbonyl (C=O) groups excluding carboxylic acids is 2. The van der Waals surface area contributed by atoms with Gasteiger partial charge in [0.2, 0.25) is 0 Å². The van der Waals surface area contributed by atoms with Crippen LogP contribution in [0.4, 0.5) is 0 Å². The van der Waals surface area contributed by atoms with E-state index >= 15 is 0 Å². The van der Waals surface area contributed by atoms with Crippen LogP contribution in [0.2, 0.25) is 0 Å². The third-order valence-electron chi connectivity index (χ3n) is 4.36. The first-order chi connectivity index (χ1) is 13.6. The van der Waals surface area contributed by atoms with E-state index in [1.54, 1.807) is 24.3 Å². The number of esters is 2. The molecule has 28 heavy (non-hydrogen) atoms. The summed E-state index contributed by atoms with van der Waals surface area (Å²) >= 11 is 2.21. The van der Waals surface area contributed by atoms with Gasteiger partial charge in [-0.05, 0) is 58.8 Å². The highest BCUT2D eigenvalue weighted by Gasteiger charge is 2.19. The quantitative estimate of drug-likeness (QED) is 0.213. The lowest BCUT2D eigenvalue weighted by molar-refractivity contribution is 0.0436. The third-order valence-corrected chi connectivity index (χ3v) is 5.03. The van der Waals surface area contributed by atoms with Gasteiger partial charge in [0.25, 0.3) is 0 Å². The van der Waals surface area contributed by atoms with Gasteiger partial charge < -0.3 is 9.47 Å². The van der Waals surface area contributed by atoms with Crippen LogP contribution in [-0.4, -0.2) is 18.5 Å². The summed E-state index contributed by atoms with van der Waals surface area (Å²) in [6.45, 7) is 2.72. The van der Waals surface area contributed by atoms with E-state index in [0.29, 0.717) is 6.61 Å². The second kappa shape index (κ2) is 12.5. The number of carbonyl (C=O) groups is 2. The van der Waals surface area contributed by atoms with E-state index in [1.165, 1.54) is 19.3 Å². The summed E-state index contributed by atoms with van der Waals surface area (Å²) in [5.74, 6) is -0.999. The number of hydrogen-bond acceptors (Lipinski definition) is 4. The Morgan fingerprint density at radius 3 is 2.14 bits per heavy atom. The van der Waals surface area contributed by atoms with Gasteiger partial charge in [0.15, 0.2) is 0 Å². The van der Waals surface area contributed by atoms with Crippen LogP contribution >= 0.6 is 22.6 Å². The molecule has 0 unspecified atom stereocenters. The molecule has 150 valence electrons. The second-order valence-corrected chi connectivity index (χ2v) is 7.90. The molecule has 0 radical (unpaired) electrons. The highest BCUT2D eigenvalue weighted by molar-refractivity contribution is 14.1. The van der Waals surface area contributed by atoms with Crippen molar-refractivity contribution in [1.29, 1.82) is 0 Å². The van der Waals surface area contributed by atoms with E-state index in [-0.39, 0.29) is 17.7 Å². The lowest BCUT2D eigenvalue weighted by Gasteiger charge is -2.10. The topological polar surface area (TPSA) is 52.6 Å². The third kappa shape index (κ3) is 7.62. The predicted octanol–water partition coefficient (Wildman–Crippen LogP) is 6.17. The first-order valence-corrected chi connectivity index (χ1v) is 10.9. The Bertz CT molecular complexity index is 773. The fourth-order valence-corrected chi connectivity index (χ4v) is 3.43. The van der Waals surface area contributed by atoms with Gasteiger partial charge in [-0.15, -0.1) is 0 Å². The van der Waals surface area contributed by atoms with Crippen LogP contribution < -0.4 is 0 Å². The summed E-state index contributed by atoms with van der Waals surface area (Å²) in [6.07, 6.45) is 6.73. The van der Waals surface area contributed by atoms with Crippen LogP contribution in [0, 0.1) is 3.57 Å². The maximum atomic E-state index is 12.5. The molecule has 0 saturated carbocycles. The van der Waals surface area contributed by atoms with Crippen LogP contribution in [-0.2, 0) is 16.1 Å². The van der Waals surface area contributed by atoms with Gasteiger partial charge in [0.1, 0.15) is 6.61 Å². The van der Waals surface area contributed by atoms with Crippen molar-refractivity contribution >= 4 is 34.5 Å². The Morgan fingerprint density at radius 1 is 0.821 bits per heavy atom. The van der Waals surface area contributed by atoms with E-state index in [4.69, 9.17) is 9.47 Å². The van der Waals surface area contributed by atoms with Crippen molar-refractivity contribution in [2.45, 2.75) is 52.1 Å². The molecule has 0 aromatic heterocycles. The molecular weight excluding hydrogens is 467 g/mol. The Balaban J connectivity index is 1.86. The highest BCUT2D eigenvalue weighted by atomic mass is 127. The fraction of sp³-hybridized carbons (Fsp3) is 0.391. The number of benzene rings is 2. The summed E-state index contributed by atoms with van der Waals surface area (Å²) in [5.41, 5.74) is 1.39. The Morgan fingerprint density at radius 2 is 1.46 bits per heavy atom. The maximum Gasteiger partial charge on any atom is 0.339 e. The monoisotopic (exact) mass is 494 g/mol. The van der Waals surface area contributed by atoms with Gasteiger partial charge >= 0.3 is 11.9 Å². The van der Waals surface area contributed by atoms with Crippen LogP contribution in [0.5, 0.6) is 0 Å². The molecular formula is C23H27IO4. The molecule has 0 aliphatic rings. The summed E-state index contributed by atoms with van der Waals surface area (Å²) in [7, 11) is 0. The first kappa shape index (κ1) is 22.4. The molecule has 0 saturated heterocycles. The molecule has 0 aliphatic carbocycles. The Hall–Kier alpha value is -1.89. The SMILES string of the molecule is CCCCCCCCOC(=O)c1ccccc1C(=O)OCc1cccc(I)c1. The summed E-state index contributed by atoms with van der Waals surface area (Å²) < 4.78 is 11.8. The van der Waals surface area contributed by atoms with Crippen LogP contribution in [0.15, 0.2) is 48.5 Å². The smallest absolute Gasteiger partial charge is 0.339 e. The average molecular weight is 494 g/mol. The van der Waals surface area contributed by atoms with Gasteiger partial charge in [0, 0.05) is 3.57 Å². The van der Waals surface area contributed by atoms with Gasteiger partial charge in [-0.1, -0.05) is 63.3 Å². The van der Waals surface area contributed by atoms with Crippen molar-refractivity contribution in [3.63, 3.8) is 0 Å². The first-order valence-electron chi connectivity index (χ1n) is 9.79. The van der Waals surface area contributed by atoms with Crippen molar-refractivity contribution in [3.05, 3.63) is 68.8 Å². The van der Waals surface area contributed by atoms with Crippen LogP contribution in [0.1, 0.15) is 71.7 Å². The zero-order chi connectivity index (χ0) is 20.2. The maximum absolute atomic E-state index is 12.5. The lowest BCUT2D eigenvalue weighted by atomic mass is 10.1. The number of hydrogen-bond donors (Lipinski definition) is 0. The Kier molecular flexibility index (Phi) is 10.0. The van der Waals surface area contributed by atoms with Crippen molar-refractivity contribution in [2.75, 3.05) is 6.61 Å². The standard InChI is InChI=1S/C23H27IO4/c1-2-3-4-5-6-9-15-27-22(25)20-13-7-8-14-21(20)23(26)28-17-18-11-10-12-19(24)16-18/h7-8,10-14,16H,2-6,9,15,17H2,1H3. The normalized spacial score (nSPS) is 10.5. The zero-order valence-corrected chi connectivity index (χ0v) is 18.4. The van der Waals surface area contributed by atoms with E-state index in [1.807, 2.05) is 24.3 Å². The molecule has 0 amide bonds. The molecule has 4 nitrogen and oxygen atoms in total. The molecule has 0 atom stereocenters. The minimum Gasteiger partial charge on any atom is -0.462 e. The van der Waals surface area contributed by atoms with E-state index in [9.17, 15) is 9.59 Å². The van der Waals surface area contributed by atoms with Crippen molar-refractivity contribution in [2.24, 2.45) is 0 Å². The predicted molar refractivity (Wildman–Crippen MR) is 118 cm³/mol. The lowest BCUT2D eigenvalue weighted by Crippen LogP contribution is -2.14. The van der Waals surface area contributed by atoms with Crippen molar-refractivity contribution < 1.29 is 19.1 Å². The second-order valence-electron chi connectivity index (χ2n) is 6.66. The molecule has 0 bridgehead atoms. The van der Waals surface area contributed by atoms with E-state index < -0.39 is 11.9 Å². The fourth-order valence-electron chi connectivity index (χ4n) is 2.82. The van der Waals surface area contributed by atoms with Crippen molar-refractivity contribution in [3.8, 4) is 0 Å². The number of ether oxygens (including phenoxy) is 2. The van der Waals surface area contributed by atoms with Gasteiger partial charge in [-0.2, -0.15) is 0 Å². The van der Waals surface area contributed by atoms with Gasteiger partial charge in [-0.3, -0.25) is 0 Å². The van der Waals surface area contributed by atoms with Gasteiger partial charge in [-0.25, -0.2) is 9.59 Å². The largest absolute Gasteiger partial charge is 0.462 e. The molecule has 0 fully saturated rings. The average Bonchev–Trinajstić information content (AvgIpc) is 2.71. The molecule has 2 rings (SSSR count). The minimum absolute atomic E-state index is 0.164. The molecule has 0 N–H and O–H groups in total. The zero-order valence-electron chi connectivity index (χ0n) is 16.3. The molecule has 0 spiro atoms. The number of rotatable bonds is 11. The number of unbranched alkanes of at least 4 members (excludes halogenated alkanes) is 5. The van der Waals surface area contributed by atoms with Crippen LogP contribution in [0.25, 0.3) is 0 Å². The summed E-state index contributed by atoms with van der Waals surface area (Å²) in [5, 5.41) is 0. The molecule has 5 heteroatoms. The number of halogens is 1.